The smallest absolute Gasteiger partial charge is 0.252 e. The summed E-state index contributed by atoms with van der Waals surface area (Å²) in [4.78, 5) is 18.2. The van der Waals surface area contributed by atoms with E-state index >= 15 is 0 Å². The Morgan fingerprint density at radius 2 is 2.09 bits per heavy atom. The Morgan fingerprint density at radius 3 is 2.73 bits per heavy atom. The van der Waals surface area contributed by atoms with Crippen LogP contribution in [0.4, 0.5) is 5.69 Å². The minimum Gasteiger partial charge on any atom is -0.362 e. The standard InChI is InChI=1S/C16H21N3O3/c1-3-4-10-19(14-8-6-5-7-9-14)16(20)12-21-11-15-17-13(2)18-22-15/h5-9H,3-4,10-12H2,1-2H3. The van der Waals surface area contributed by atoms with Crippen LogP contribution < -0.4 is 4.90 Å². The number of nitrogens with zero attached hydrogens (tertiary/aromatic N) is 3. The molecule has 2 aromatic rings. The van der Waals surface area contributed by atoms with E-state index in [1.807, 2.05) is 30.3 Å². The van der Waals surface area contributed by atoms with Gasteiger partial charge in [-0.25, -0.2) is 0 Å². The molecule has 6 nitrogen and oxygen atoms in total. The monoisotopic (exact) mass is 303 g/mol. The van der Waals surface area contributed by atoms with Gasteiger partial charge in [0, 0.05) is 12.2 Å². The van der Waals surface area contributed by atoms with E-state index in [1.165, 1.54) is 0 Å². The van der Waals surface area contributed by atoms with E-state index in [9.17, 15) is 4.79 Å². The van der Waals surface area contributed by atoms with E-state index in [2.05, 4.69) is 17.1 Å². The summed E-state index contributed by atoms with van der Waals surface area (Å²) in [7, 11) is 0. The number of rotatable bonds is 8. The van der Waals surface area contributed by atoms with Crippen LogP contribution in [0.15, 0.2) is 34.9 Å². The first-order valence-electron chi connectivity index (χ1n) is 7.43. The second kappa shape index (κ2) is 8.29. The lowest BCUT2D eigenvalue weighted by atomic mass is 10.2. The molecule has 6 heteroatoms. The van der Waals surface area contributed by atoms with Crippen molar-refractivity contribution in [1.29, 1.82) is 0 Å². The number of anilines is 1. The molecule has 1 heterocycles. The molecule has 0 saturated carbocycles. The molecule has 0 bridgehead atoms. The van der Waals surface area contributed by atoms with Crippen LogP contribution in [0.3, 0.4) is 0 Å². The van der Waals surface area contributed by atoms with Gasteiger partial charge >= 0.3 is 0 Å². The Hall–Kier alpha value is -2.21. The van der Waals surface area contributed by atoms with Gasteiger partial charge in [-0.3, -0.25) is 4.79 Å². The summed E-state index contributed by atoms with van der Waals surface area (Å²) in [6.07, 6.45) is 1.97. The fourth-order valence-electron chi connectivity index (χ4n) is 2.02. The van der Waals surface area contributed by atoms with Crippen molar-refractivity contribution in [3.05, 3.63) is 42.0 Å². The van der Waals surface area contributed by atoms with Crippen LogP contribution >= 0.6 is 0 Å². The number of aryl methyl sites for hydroxylation is 1. The molecule has 22 heavy (non-hydrogen) atoms. The quantitative estimate of drug-likeness (QED) is 0.750. The number of carbonyl (C=O) groups excluding carboxylic acids is 1. The lowest BCUT2D eigenvalue weighted by Crippen LogP contribution is -2.34. The van der Waals surface area contributed by atoms with Crippen LogP contribution in [0, 0.1) is 6.92 Å². The summed E-state index contributed by atoms with van der Waals surface area (Å²) in [6.45, 7) is 4.65. The van der Waals surface area contributed by atoms with Crippen molar-refractivity contribution in [2.75, 3.05) is 18.1 Å². The van der Waals surface area contributed by atoms with Crippen LogP contribution in [0.2, 0.25) is 0 Å². The fraction of sp³-hybridized carbons (Fsp3) is 0.438. The molecule has 0 N–H and O–H groups in total. The second-order valence-electron chi connectivity index (χ2n) is 4.96. The minimum atomic E-state index is -0.0733. The van der Waals surface area contributed by atoms with Gasteiger partial charge < -0.3 is 14.2 Å². The van der Waals surface area contributed by atoms with Crippen molar-refractivity contribution in [3.8, 4) is 0 Å². The first-order valence-corrected chi connectivity index (χ1v) is 7.43. The van der Waals surface area contributed by atoms with Gasteiger partial charge in [0.2, 0.25) is 0 Å². The number of hydrogen-bond donors (Lipinski definition) is 0. The topological polar surface area (TPSA) is 68.5 Å². The van der Waals surface area contributed by atoms with E-state index < -0.39 is 0 Å². The first-order chi connectivity index (χ1) is 10.7. The minimum absolute atomic E-state index is 0.0139. The van der Waals surface area contributed by atoms with E-state index in [0.29, 0.717) is 18.3 Å². The molecule has 1 amide bonds. The SMILES string of the molecule is CCCCN(C(=O)COCc1nc(C)no1)c1ccccc1. The van der Waals surface area contributed by atoms with Gasteiger partial charge in [0.15, 0.2) is 5.82 Å². The molecule has 0 unspecified atom stereocenters. The van der Waals surface area contributed by atoms with Crippen molar-refractivity contribution in [3.63, 3.8) is 0 Å². The number of amides is 1. The Bertz CT molecular complexity index is 583. The molecule has 118 valence electrons. The van der Waals surface area contributed by atoms with Crippen LogP contribution in [-0.2, 0) is 16.1 Å². The first kappa shape index (κ1) is 16.2. The van der Waals surface area contributed by atoms with E-state index in [1.54, 1.807) is 11.8 Å². The number of ether oxygens (including phenoxy) is 1. The molecule has 0 aliphatic heterocycles. The third-order valence-electron chi connectivity index (χ3n) is 3.12. The average Bonchev–Trinajstić information content (AvgIpc) is 2.94. The van der Waals surface area contributed by atoms with Gasteiger partial charge in [0.25, 0.3) is 11.8 Å². The van der Waals surface area contributed by atoms with Crippen LogP contribution in [-0.4, -0.2) is 29.2 Å². The molecular weight excluding hydrogens is 282 g/mol. The molecule has 0 fully saturated rings. The van der Waals surface area contributed by atoms with Crippen molar-refractivity contribution >= 4 is 11.6 Å². The summed E-state index contributed by atoms with van der Waals surface area (Å²) < 4.78 is 10.3. The molecule has 0 saturated heterocycles. The molecule has 0 atom stereocenters. The van der Waals surface area contributed by atoms with Gasteiger partial charge in [-0.1, -0.05) is 36.7 Å². The molecule has 0 radical (unpaired) electrons. The highest BCUT2D eigenvalue weighted by atomic mass is 16.5. The van der Waals surface area contributed by atoms with E-state index in [4.69, 9.17) is 9.26 Å². The number of aromatic nitrogens is 2. The van der Waals surface area contributed by atoms with Crippen LogP contribution in [0.1, 0.15) is 31.5 Å². The summed E-state index contributed by atoms with van der Waals surface area (Å²) in [5.74, 6) is 0.861. The van der Waals surface area contributed by atoms with Crippen molar-refractivity contribution < 1.29 is 14.1 Å². The van der Waals surface area contributed by atoms with Gasteiger partial charge in [-0.2, -0.15) is 4.98 Å². The number of benzene rings is 1. The highest BCUT2D eigenvalue weighted by Gasteiger charge is 2.15. The fourth-order valence-corrected chi connectivity index (χ4v) is 2.02. The molecule has 0 spiro atoms. The number of carbonyl (C=O) groups is 1. The van der Waals surface area contributed by atoms with Crippen molar-refractivity contribution in [2.24, 2.45) is 0 Å². The summed E-state index contributed by atoms with van der Waals surface area (Å²) >= 11 is 0. The Kier molecular flexibility index (Phi) is 6.09. The summed E-state index contributed by atoms with van der Waals surface area (Å²) in [6, 6.07) is 9.62. The molecule has 1 aromatic carbocycles. The van der Waals surface area contributed by atoms with E-state index in [-0.39, 0.29) is 19.1 Å². The Morgan fingerprint density at radius 1 is 1.32 bits per heavy atom. The molecule has 0 aliphatic carbocycles. The largest absolute Gasteiger partial charge is 0.362 e. The molecule has 2 rings (SSSR count). The van der Waals surface area contributed by atoms with Gasteiger partial charge in [0.05, 0.1) is 0 Å². The number of hydrogen-bond acceptors (Lipinski definition) is 5. The lowest BCUT2D eigenvalue weighted by Gasteiger charge is -2.22. The zero-order chi connectivity index (χ0) is 15.8. The van der Waals surface area contributed by atoms with Gasteiger partial charge in [-0.15, -0.1) is 0 Å². The summed E-state index contributed by atoms with van der Waals surface area (Å²) in [5.41, 5.74) is 0.887. The maximum absolute atomic E-state index is 12.4. The molecule has 1 aromatic heterocycles. The third-order valence-corrected chi connectivity index (χ3v) is 3.12. The maximum atomic E-state index is 12.4. The second-order valence-corrected chi connectivity index (χ2v) is 4.96. The maximum Gasteiger partial charge on any atom is 0.252 e. The predicted molar refractivity (Wildman–Crippen MR) is 82.4 cm³/mol. The van der Waals surface area contributed by atoms with E-state index in [0.717, 1.165) is 18.5 Å². The Balaban J connectivity index is 1.91. The number of unbranched alkanes of at least 4 members (excludes halogenated alkanes) is 1. The van der Waals surface area contributed by atoms with Crippen molar-refractivity contribution in [2.45, 2.75) is 33.3 Å². The highest BCUT2D eigenvalue weighted by molar-refractivity contribution is 5.94. The molecular formula is C16H21N3O3. The normalized spacial score (nSPS) is 10.6. The number of para-hydroxylation sites is 1. The van der Waals surface area contributed by atoms with Gasteiger partial charge in [0.1, 0.15) is 13.2 Å². The third kappa shape index (κ3) is 4.66. The average molecular weight is 303 g/mol. The lowest BCUT2D eigenvalue weighted by molar-refractivity contribution is -0.123. The van der Waals surface area contributed by atoms with Crippen LogP contribution in [0.5, 0.6) is 0 Å². The summed E-state index contributed by atoms with van der Waals surface area (Å²) in [5, 5.41) is 3.68. The highest BCUT2D eigenvalue weighted by Crippen LogP contribution is 2.14. The Labute approximate surface area is 130 Å². The van der Waals surface area contributed by atoms with Gasteiger partial charge in [-0.05, 0) is 25.5 Å². The van der Waals surface area contributed by atoms with Crippen molar-refractivity contribution in [1.82, 2.24) is 10.1 Å². The molecule has 0 aliphatic rings. The zero-order valence-electron chi connectivity index (χ0n) is 13.0. The zero-order valence-corrected chi connectivity index (χ0v) is 13.0. The van der Waals surface area contributed by atoms with Crippen LogP contribution in [0.25, 0.3) is 0 Å². The predicted octanol–water partition coefficient (Wildman–Crippen LogP) is 2.73.